The molecule has 0 aliphatic heterocycles. The second kappa shape index (κ2) is 8.61. The van der Waals surface area contributed by atoms with Crippen LogP contribution in [-0.2, 0) is 4.79 Å². The number of ketones is 1. The van der Waals surface area contributed by atoms with E-state index in [4.69, 9.17) is 4.74 Å². The maximum atomic E-state index is 12.3. The molecule has 0 spiro atoms. The Balaban J connectivity index is 1.74. The molecule has 1 aliphatic carbocycles. The van der Waals surface area contributed by atoms with Crippen LogP contribution in [0.4, 0.5) is 0 Å². The van der Waals surface area contributed by atoms with Gasteiger partial charge in [0, 0.05) is 17.7 Å². The number of nitrogens with zero attached hydrogens (tertiary/aromatic N) is 3. The van der Waals surface area contributed by atoms with E-state index in [9.17, 15) is 4.79 Å². The minimum atomic E-state index is -0.0389. The highest BCUT2D eigenvalue weighted by atomic mass is 32.2. The Hall–Kier alpha value is -2.60. The largest absolute Gasteiger partial charge is 0.494 e. The van der Waals surface area contributed by atoms with Gasteiger partial charge in [0.1, 0.15) is 11.5 Å². The van der Waals surface area contributed by atoms with Crippen LogP contribution in [0.3, 0.4) is 0 Å². The Labute approximate surface area is 169 Å². The van der Waals surface area contributed by atoms with E-state index in [2.05, 4.69) is 10.2 Å². The van der Waals surface area contributed by atoms with E-state index in [0.29, 0.717) is 18.8 Å². The summed E-state index contributed by atoms with van der Waals surface area (Å²) in [5, 5.41) is 9.62. The number of aromatic nitrogens is 3. The summed E-state index contributed by atoms with van der Waals surface area (Å²) in [7, 11) is 0. The van der Waals surface area contributed by atoms with Gasteiger partial charge >= 0.3 is 0 Å². The number of benzene rings is 2. The Kier molecular flexibility index (Phi) is 5.76. The van der Waals surface area contributed by atoms with Crippen LogP contribution in [-0.4, -0.2) is 32.4 Å². The van der Waals surface area contributed by atoms with Gasteiger partial charge in [0.25, 0.3) is 0 Å². The molecule has 0 amide bonds. The predicted octanol–water partition coefficient (Wildman–Crippen LogP) is 4.94. The molecule has 1 fully saturated rings. The number of carbonyl (C=O) groups is 1. The Morgan fingerprint density at radius 2 is 1.86 bits per heavy atom. The number of ether oxygens (including phenoxy) is 1. The zero-order valence-corrected chi connectivity index (χ0v) is 16.7. The van der Waals surface area contributed by atoms with Crippen molar-refractivity contribution in [2.45, 2.75) is 43.0 Å². The molecule has 1 atom stereocenters. The van der Waals surface area contributed by atoms with Gasteiger partial charge in [0.15, 0.2) is 11.0 Å². The number of carbonyl (C=O) groups excluding carboxylic acids is 1. The van der Waals surface area contributed by atoms with E-state index in [0.717, 1.165) is 47.2 Å². The summed E-state index contributed by atoms with van der Waals surface area (Å²) in [4.78, 5) is 12.3. The predicted molar refractivity (Wildman–Crippen MR) is 111 cm³/mol. The van der Waals surface area contributed by atoms with Gasteiger partial charge in [0.2, 0.25) is 0 Å². The molecule has 0 saturated heterocycles. The lowest BCUT2D eigenvalue weighted by atomic mass is 9.99. The lowest BCUT2D eigenvalue weighted by molar-refractivity contribution is -0.119. The molecule has 1 aliphatic rings. The first-order valence-electron chi connectivity index (χ1n) is 9.69. The molecule has 1 saturated carbocycles. The van der Waals surface area contributed by atoms with E-state index in [1.54, 1.807) is 0 Å². The lowest BCUT2D eigenvalue weighted by Crippen LogP contribution is -2.21. The van der Waals surface area contributed by atoms with Crippen molar-refractivity contribution in [2.75, 3.05) is 6.61 Å². The molecule has 0 bridgehead atoms. The highest BCUT2D eigenvalue weighted by Crippen LogP contribution is 2.34. The van der Waals surface area contributed by atoms with Gasteiger partial charge in [-0.05, 0) is 44.0 Å². The number of Topliss-reactive ketones (excluding diaryl/α,β-unsaturated/α-hetero) is 1. The van der Waals surface area contributed by atoms with Gasteiger partial charge in [-0.15, -0.1) is 10.2 Å². The van der Waals surface area contributed by atoms with Crippen LogP contribution >= 0.6 is 11.8 Å². The molecule has 144 valence electrons. The van der Waals surface area contributed by atoms with Crippen LogP contribution in [0.5, 0.6) is 5.75 Å². The number of hydrogen-bond donors (Lipinski definition) is 0. The van der Waals surface area contributed by atoms with Gasteiger partial charge in [-0.1, -0.05) is 48.5 Å². The number of hydrogen-bond acceptors (Lipinski definition) is 5. The first-order chi connectivity index (χ1) is 13.8. The van der Waals surface area contributed by atoms with Crippen LogP contribution in [0.25, 0.3) is 17.1 Å². The molecule has 1 heterocycles. The van der Waals surface area contributed by atoms with Gasteiger partial charge in [0.05, 0.1) is 11.9 Å². The van der Waals surface area contributed by atoms with Crippen LogP contribution < -0.4 is 4.74 Å². The minimum absolute atomic E-state index is 0.0389. The quantitative estimate of drug-likeness (QED) is 0.594. The summed E-state index contributed by atoms with van der Waals surface area (Å²) in [5.74, 6) is 1.92. The summed E-state index contributed by atoms with van der Waals surface area (Å²) in [5.41, 5.74) is 1.95. The molecule has 2 aromatic carbocycles. The van der Waals surface area contributed by atoms with E-state index < -0.39 is 0 Å². The summed E-state index contributed by atoms with van der Waals surface area (Å²) in [6.45, 7) is 2.60. The number of thioether (sulfide) groups is 1. The summed E-state index contributed by atoms with van der Waals surface area (Å²) in [6, 6.07) is 17.9. The Morgan fingerprint density at radius 1 is 1.07 bits per heavy atom. The first-order valence-corrected chi connectivity index (χ1v) is 10.6. The van der Waals surface area contributed by atoms with Gasteiger partial charge in [-0.2, -0.15) is 0 Å². The van der Waals surface area contributed by atoms with Crippen molar-refractivity contribution >= 4 is 17.5 Å². The second-order valence-electron chi connectivity index (χ2n) is 6.75. The summed E-state index contributed by atoms with van der Waals surface area (Å²) < 4.78 is 7.61. The average Bonchev–Trinajstić information content (AvgIpc) is 3.15. The number of rotatable bonds is 6. The zero-order chi connectivity index (χ0) is 19.3. The van der Waals surface area contributed by atoms with E-state index in [1.165, 1.54) is 11.8 Å². The molecule has 0 N–H and O–H groups in total. The average molecular weight is 394 g/mol. The maximum Gasteiger partial charge on any atom is 0.196 e. The van der Waals surface area contributed by atoms with Crippen molar-refractivity contribution in [1.82, 2.24) is 14.8 Å². The van der Waals surface area contributed by atoms with Gasteiger partial charge in [-0.3, -0.25) is 9.36 Å². The molecule has 28 heavy (non-hydrogen) atoms. The Bertz CT molecular complexity index is 938. The molecule has 0 unspecified atom stereocenters. The highest BCUT2D eigenvalue weighted by molar-refractivity contribution is 8.00. The SMILES string of the molecule is CCOc1ccc(-n2c(S[C@H]3CCCCC3=O)nnc2-c2ccccc2)cc1. The van der Waals surface area contributed by atoms with Gasteiger partial charge < -0.3 is 4.74 Å². The third-order valence-corrected chi connectivity index (χ3v) is 6.08. The molecule has 4 rings (SSSR count). The summed E-state index contributed by atoms with van der Waals surface area (Å²) in [6.07, 6.45) is 3.66. The minimum Gasteiger partial charge on any atom is -0.494 e. The van der Waals surface area contributed by atoms with E-state index in [1.807, 2.05) is 66.1 Å². The third-order valence-electron chi connectivity index (χ3n) is 4.82. The van der Waals surface area contributed by atoms with Crippen molar-refractivity contribution in [1.29, 1.82) is 0 Å². The van der Waals surface area contributed by atoms with Crippen molar-refractivity contribution in [3.05, 3.63) is 54.6 Å². The topological polar surface area (TPSA) is 57.0 Å². The van der Waals surface area contributed by atoms with E-state index in [-0.39, 0.29) is 5.25 Å². The molecule has 3 aromatic rings. The Morgan fingerprint density at radius 3 is 2.57 bits per heavy atom. The first kappa shape index (κ1) is 18.7. The highest BCUT2D eigenvalue weighted by Gasteiger charge is 2.27. The fourth-order valence-corrected chi connectivity index (χ4v) is 4.59. The van der Waals surface area contributed by atoms with E-state index >= 15 is 0 Å². The van der Waals surface area contributed by atoms with Crippen molar-refractivity contribution in [3.8, 4) is 22.8 Å². The normalized spacial score (nSPS) is 16.9. The van der Waals surface area contributed by atoms with Crippen LogP contribution in [0, 0.1) is 0 Å². The molecule has 1 aromatic heterocycles. The zero-order valence-electron chi connectivity index (χ0n) is 15.9. The van der Waals surface area contributed by atoms with Crippen LogP contribution in [0.15, 0.2) is 59.8 Å². The van der Waals surface area contributed by atoms with Crippen molar-refractivity contribution in [3.63, 3.8) is 0 Å². The molecular formula is C22H23N3O2S. The molecule has 0 radical (unpaired) electrons. The van der Waals surface area contributed by atoms with Gasteiger partial charge in [-0.25, -0.2) is 0 Å². The second-order valence-corrected chi connectivity index (χ2v) is 7.92. The van der Waals surface area contributed by atoms with Crippen molar-refractivity contribution in [2.24, 2.45) is 0 Å². The van der Waals surface area contributed by atoms with Crippen LogP contribution in [0.2, 0.25) is 0 Å². The molecular weight excluding hydrogens is 370 g/mol. The smallest absolute Gasteiger partial charge is 0.196 e. The third kappa shape index (κ3) is 3.97. The standard InChI is InChI=1S/C22H23N3O2S/c1-2-27-18-14-12-17(13-15-18)25-21(16-8-4-3-5-9-16)23-24-22(25)28-20-11-7-6-10-19(20)26/h3-5,8-9,12-15,20H,2,6-7,10-11H2,1H3/t20-/m0/s1. The van der Waals surface area contributed by atoms with Crippen molar-refractivity contribution < 1.29 is 9.53 Å². The fraction of sp³-hybridized carbons (Fsp3) is 0.318. The monoisotopic (exact) mass is 393 g/mol. The summed E-state index contributed by atoms with van der Waals surface area (Å²) >= 11 is 1.53. The van der Waals surface area contributed by atoms with Crippen LogP contribution in [0.1, 0.15) is 32.6 Å². The molecule has 6 heteroatoms. The fourth-order valence-electron chi connectivity index (χ4n) is 3.41. The maximum absolute atomic E-state index is 12.3. The lowest BCUT2D eigenvalue weighted by Gasteiger charge is -2.20. The molecule has 5 nitrogen and oxygen atoms in total.